The van der Waals surface area contributed by atoms with E-state index in [4.69, 9.17) is 0 Å². The van der Waals surface area contributed by atoms with Crippen LogP contribution in [0.1, 0.15) is 33.1 Å². The minimum absolute atomic E-state index is 0.109. The Bertz CT molecular complexity index is 599. The van der Waals surface area contributed by atoms with Crippen molar-refractivity contribution in [2.75, 3.05) is 33.9 Å². The standard InChI is InChI=1S/C17H27F3N4O3/c1-11-6-5-7-12(2)17(11)14(26)24(15(27)21-17)10-23(9-16(18,19)20)8-13(25)22(3)4/h11-12H,5-10H2,1-4H3,(H,21,27). The van der Waals surface area contributed by atoms with E-state index in [0.717, 1.165) is 29.1 Å². The third-order valence-electron chi connectivity index (χ3n) is 5.59. The average molecular weight is 392 g/mol. The van der Waals surface area contributed by atoms with Crippen molar-refractivity contribution < 1.29 is 27.6 Å². The number of likely N-dealkylation sites (N-methyl/N-ethyl adjacent to an activating group) is 1. The Morgan fingerprint density at radius 1 is 1.22 bits per heavy atom. The number of hydrogen-bond acceptors (Lipinski definition) is 4. The van der Waals surface area contributed by atoms with Crippen molar-refractivity contribution in [1.29, 1.82) is 0 Å². The van der Waals surface area contributed by atoms with Crippen LogP contribution in [0.2, 0.25) is 0 Å². The predicted molar refractivity (Wildman–Crippen MR) is 91.5 cm³/mol. The molecule has 27 heavy (non-hydrogen) atoms. The molecule has 2 unspecified atom stereocenters. The molecule has 0 radical (unpaired) electrons. The maximum absolute atomic E-state index is 13.1. The molecule has 1 saturated carbocycles. The summed E-state index contributed by atoms with van der Waals surface area (Å²) in [5.41, 5.74) is -1.08. The van der Waals surface area contributed by atoms with Crippen LogP contribution in [0.3, 0.4) is 0 Å². The van der Waals surface area contributed by atoms with Gasteiger partial charge in [0.1, 0.15) is 5.54 Å². The van der Waals surface area contributed by atoms with Crippen LogP contribution in [0.25, 0.3) is 0 Å². The van der Waals surface area contributed by atoms with Gasteiger partial charge in [-0.1, -0.05) is 20.3 Å². The van der Waals surface area contributed by atoms with Crippen molar-refractivity contribution in [3.8, 4) is 0 Å². The second-order valence-corrected chi connectivity index (χ2v) is 7.80. The molecule has 0 aromatic carbocycles. The van der Waals surface area contributed by atoms with E-state index in [0.29, 0.717) is 0 Å². The normalized spacial score (nSPS) is 28.8. The minimum Gasteiger partial charge on any atom is -0.348 e. The van der Waals surface area contributed by atoms with E-state index in [1.165, 1.54) is 19.0 Å². The summed E-state index contributed by atoms with van der Waals surface area (Å²) in [5, 5.41) is 2.75. The second-order valence-electron chi connectivity index (χ2n) is 7.80. The van der Waals surface area contributed by atoms with Gasteiger partial charge in [0.25, 0.3) is 5.91 Å². The van der Waals surface area contributed by atoms with E-state index >= 15 is 0 Å². The molecule has 1 heterocycles. The van der Waals surface area contributed by atoms with E-state index < -0.39 is 49.3 Å². The molecule has 0 aromatic rings. The zero-order chi connectivity index (χ0) is 20.6. The Kier molecular flexibility index (Phi) is 6.08. The Labute approximate surface area is 156 Å². The van der Waals surface area contributed by atoms with E-state index in [1.807, 2.05) is 13.8 Å². The largest absolute Gasteiger partial charge is 0.401 e. The molecule has 7 nitrogen and oxygen atoms in total. The summed E-state index contributed by atoms with van der Waals surface area (Å²) in [6.07, 6.45) is -2.11. The lowest BCUT2D eigenvalue weighted by molar-refractivity contribution is -0.157. The van der Waals surface area contributed by atoms with Gasteiger partial charge in [0.15, 0.2) is 0 Å². The van der Waals surface area contributed by atoms with Crippen molar-refractivity contribution in [2.45, 2.75) is 44.8 Å². The van der Waals surface area contributed by atoms with Gasteiger partial charge in [0, 0.05) is 14.1 Å². The number of halogens is 3. The van der Waals surface area contributed by atoms with Gasteiger partial charge >= 0.3 is 12.2 Å². The number of carbonyl (C=O) groups is 3. The van der Waals surface area contributed by atoms with Crippen molar-refractivity contribution in [2.24, 2.45) is 11.8 Å². The molecule has 1 aliphatic carbocycles. The van der Waals surface area contributed by atoms with Crippen LogP contribution in [-0.4, -0.2) is 78.1 Å². The van der Waals surface area contributed by atoms with Gasteiger partial charge in [-0.05, 0) is 24.7 Å². The number of urea groups is 1. The summed E-state index contributed by atoms with van der Waals surface area (Å²) in [5.74, 6) is -1.26. The summed E-state index contributed by atoms with van der Waals surface area (Å²) in [4.78, 5) is 40.2. The highest BCUT2D eigenvalue weighted by molar-refractivity contribution is 6.07. The van der Waals surface area contributed by atoms with E-state index in [1.54, 1.807) is 0 Å². The molecular weight excluding hydrogens is 365 g/mol. The molecule has 1 aliphatic heterocycles. The molecule has 154 valence electrons. The Hall–Kier alpha value is -1.84. The van der Waals surface area contributed by atoms with Crippen LogP contribution >= 0.6 is 0 Å². The Balaban J connectivity index is 2.22. The van der Waals surface area contributed by atoms with Crippen LogP contribution in [-0.2, 0) is 9.59 Å². The third-order valence-corrected chi connectivity index (χ3v) is 5.59. The summed E-state index contributed by atoms with van der Waals surface area (Å²) in [6, 6.07) is -0.704. The summed E-state index contributed by atoms with van der Waals surface area (Å²) < 4.78 is 38.8. The third kappa shape index (κ3) is 4.36. The maximum Gasteiger partial charge on any atom is 0.401 e. The molecule has 2 fully saturated rings. The van der Waals surface area contributed by atoms with Gasteiger partial charge in [0.2, 0.25) is 5.91 Å². The quantitative estimate of drug-likeness (QED) is 0.722. The first-order valence-electron chi connectivity index (χ1n) is 9.02. The summed E-state index contributed by atoms with van der Waals surface area (Å²) >= 11 is 0. The van der Waals surface area contributed by atoms with Crippen molar-refractivity contribution in [3.63, 3.8) is 0 Å². The lowest BCUT2D eigenvalue weighted by Gasteiger charge is -2.42. The molecule has 4 amide bonds. The van der Waals surface area contributed by atoms with Crippen molar-refractivity contribution >= 4 is 17.8 Å². The first-order valence-corrected chi connectivity index (χ1v) is 9.02. The van der Waals surface area contributed by atoms with Crippen LogP contribution in [0.4, 0.5) is 18.0 Å². The smallest absolute Gasteiger partial charge is 0.348 e. The Morgan fingerprint density at radius 2 is 1.78 bits per heavy atom. The highest BCUT2D eigenvalue weighted by Gasteiger charge is 2.58. The molecule has 2 rings (SSSR count). The fourth-order valence-electron chi connectivity index (χ4n) is 4.02. The van der Waals surface area contributed by atoms with Crippen molar-refractivity contribution in [3.05, 3.63) is 0 Å². The number of amides is 4. The molecule has 1 saturated heterocycles. The SMILES string of the molecule is CC1CCCC(C)C12NC(=O)N(CN(CC(=O)N(C)C)CC(F)(F)F)C2=O. The van der Waals surface area contributed by atoms with Gasteiger partial charge in [-0.25, -0.2) is 9.69 Å². The van der Waals surface area contributed by atoms with Gasteiger partial charge in [-0.2, -0.15) is 13.2 Å². The van der Waals surface area contributed by atoms with Crippen LogP contribution in [0.5, 0.6) is 0 Å². The molecule has 1 N–H and O–H groups in total. The highest BCUT2D eigenvalue weighted by Crippen LogP contribution is 2.42. The van der Waals surface area contributed by atoms with Gasteiger partial charge in [0.05, 0.1) is 19.8 Å². The molecule has 2 atom stereocenters. The average Bonchev–Trinajstić information content (AvgIpc) is 2.77. The predicted octanol–water partition coefficient (Wildman–Crippen LogP) is 1.64. The number of rotatable bonds is 5. The number of carbonyl (C=O) groups excluding carboxylic acids is 3. The van der Waals surface area contributed by atoms with Gasteiger partial charge < -0.3 is 10.2 Å². The van der Waals surface area contributed by atoms with Crippen LogP contribution < -0.4 is 5.32 Å². The lowest BCUT2D eigenvalue weighted by Crippen LogP contribution is -2.59. The molecule has 1 spiro atoms. The molecule has 2 aliphatic rings. The van der Waals surface area contributed by atoms with E-state index in [2.05, 4.69) is 5.32 Å². The van der Waals surface area contributed by atoms with Gasteiger partial charge in [-0.15, -0.1) is 0 Å². The fraction of sp³-hybridized carbons (Fsp3) is 0.824. The second kappa shape index (κ2) is 7.65. The van der Waals surface area contributed by atoms with Crippen LogP contribution in [0, 0.1) is 11.8 Å². The highest BCUT2D eigenvalue weighted by atomic mass is 19.4. The molecule has 0 aromatic heterocycles. The van der Waals surface area contributed by atoms with Crippen molar-refractivity contribution in [1.82, 2.24) is 20.0 Å². The number of imide groups is 1. The molecular formula is C17H27F3N4O3. The molecule has 0 bridgehead atoms. The summed E-state index contributed by atoms with van der Waals surface area (Å²) in [6.45, 7) is 1.25. The minimum atomic E-state index is -4.56. The first kappa shape index (κ1) is 21.5. The number of nitrogens with one attached hydrogen (secondary N) is 1. The Morgan fingerprint density at radius 3 is 2.26 bits per heavy atom. The van der Waals surface area contributed by atoms with Crippen LogP contribution in [0.15, 0.2) is 0 Å². The van der Waals surface area contributed by atoms with Gasteiger partial charge in [-0.3, -0.25) is 14.5 Å². The lowest BCUT2D eigenvalue weighted by atomic mass is 9.67. The number of alkyl halides is 3. The monoisotopic (exact) mass is 392 g/mol. The number of nitrogens with zero attached hydrogens (tertiary/aromatic N) is 3. The zero-order valence-corrected chi connectivity index (χ0v) is 16.1. The number of hydrogen-bond donors (Lipinski definition) is 1. The first-order chi connectivity index (χ1) is 12.4. The van der Waals surface area contributed by atoms with E-state index in [-0.39, 0.29) is 11.8 Å². The zero-order valence-electron chi connectivity index (χ0n) is 16.1. The topological polar surface area (TPSA) is 73.0 Å². The fourth-order valence-corrected chi connectivity index (χ4v) is 4.02. The maximum atomic E-state index is 13.1. The summed E-state index contributed by atoms with van der Waals surface area (Å²) in [7, 11) is 2.87. The molecule has 10 heteroatoms. The van der Waals surface area contributed by atoms with E-state index in [9.17, 15) is 27.6 Å².